The maximum Gasteiger partial charge on any atom is 0.266 e. The van der Waals surface area contributed by atoms with Crippen molar-refractivity contribution in [2.24, 2.45) is 0 Å². The lowest BCUT2D eigenvalue weighted by atomic mass is 10.2. The number of hydrogen-bond acceptors (Lipinski definition) is 5. The van der Waals surface area contributed by atoms with Crippen molar-refractivity contribution in [2.75, 3.05) is 34.3 Å². The molecule has 2 aromatic carbocycles. The molecule has 148 valence electrons. The average molecular weight is 401 g/mol. The Balaban J connectivity index is 2.13. The predicted octanol–water partition coefficient (Wildman–Crippen LogP) is 3.26. The number of ether oxygens (including phenoxy) is 1. The van der Waals surface area contributed by atoms with E-state index in [1.165, 1.54) is 0 Å². The summed E-state index contributed by atoms with van der Waals surface area (Å²) >= 11 is 6.13. The Morgan fingerprint density at radius 3 is 2.57 bits per heavy atom. The number of hydrogen-bond donors (Lipinski definition) is 1. The zero-order valence-corrected chi connectivity index (χ0v) is 17.3. The Hall–Kier alpha value is -2.41. The van der Waals surface area contributed by atoms with Crippen LogP contribution >= 0.6 is 11.6 Å². The first-order valence-corrected chi connectivity index (χ1v) is 9.53. The van der Waals surface area contributed by atoms with E-state index in [0.717, 1.165) is 24.5 Å². The lowest BCUT2D eigenvalue weighted by molar-refractivity contribution is 0.385. The van der Waals surface area contributed by atoms with Crippen LogP contribution in [0, 0.1) is 0 Å². The molecule has 7 heteroatoms. The third-order valence-electron chi connectivity index (χ3n) is 4.58. The van der Waals surface area contributed by atoms with Crippen molar-refractivity contribution in [1.82, 2.24) is 19.8 Å². The van der Waals surface area contributed by atoms with Crippen LogP contribution in [0.5, 0.6) is 5.75 Å². The van der Waals surface area contributed by atoms with Gasteiger partial charge in [0.05, 0.1) is 29.7 Å². The van der Waals surface area contributed by atoms with Gasteiger partial charge in [-0.05, 0) is 63.5 Å². The first-order valence-electron chi connectivity index (χ1n) is 9.15. The predicted molar refractivity (Wildman–Crippen MR) is 114 cm³/mol. The summed E-state index contributed by atoms with van der Waals surface area (Å²) < 4.78 is 6.89. The fourth-order valence-electron chi connectivity index (χ4n) is 3.04. The first-order chi connectivity index (χ1) is 13.4. The lowest BCUT2D eigenvalue weighted by Gasteiger charge is -2.21. The second kappa shape index (κ2) is 8.73. The third-order valence-corrected chi connectivity index (χ3v) is 4.82. The van der Waals surface area contributed by atoms with Gasteiger partial charge in [-0.1, -0.05) is 11.6 Å². The van der Waals surface area contributed by atoms with Gasteiger partial charge in [-0.25, -0.2) is 4.98 Å². The van der Waals surface area contributed by atoms with Gasteiger partial charge in [0.15, 0.2) is 0 Å². The smallest absolute Gasteiger partial charge is 0.266 e. The number of nitrogens with zero attached hydrogens (tertiary/aromatic N) is 3. The molecule has 0 aliphatic carbocycles. The minimum absolute atomic E-state index is 0.122. The largest absolute Gasteiger partial charge is 0.497 e. The normalized spacial score (nSPS) is 12.5. The number of methoxy groups -OCH3 is 1. The summed E-state index contributed by atoms with van der Waals surface area (Å²) in [7, 11) is 5.66. The van der Waals surface area contributed by atoms with E-state index in [9.17, 15) is 4.79 Å². The van der Waals surface area contributed by atoms with E-state index in [2.05, 4.69) is 10.2 Å². The fourth-order valence-corrected chi connectivity index (χ4v) is 3.21. The molecule has 0 fully saturated rings. The van der Waals surface area contributed by atoms with Gasteiger partial charge in [0.25, 0.3) is 5.56 Å². The molecule has 0 aliphatic heterocycles. The highest BCUT2D eigenvalue weighted by Gasteiger charge is 2.18. The van der Waals surface area contributed by atoms with Crippen molar-refractivity contribution < 1.29 is 4.74 Å². The quantitative estimate of drug-likeness (QED) is 0.659. The Labute approximate surface area is 169 Å². The van der Waals surface area contributed by atoms with Crippen LogP contribution in [-0.4, -0.2) is 48.7 Å². The van der Waals surface area contributed by atoms with Crippen LogP contribution in [0.4, 0.5) is 0 Å². The molecule has 0 spiro atoms. The Kier molecular flexibility index (Phi) is 6.34. The van der Waals surface area contributed by atoms with Crippen molar-refractivity contribution in [2.45, 2.75) is 13.0 Å². The van der Waals surface area contributed by atoms with Crippen LogP contribution in [0.25, 0.3) is 16.6 Å². The van der Waals surface area contributed by atoms with E-state index in [1.54, 1.807) is 29.9 Å². The maximum atomic E-state index is 13.3. The van der Waals surface area contributed by atoms with E-state index in [0.29, 0.717) is 21.7 Å². The Morgan fingerprint density at radius 1 is 1.21 bits per heavy atom. The fraction of sp³-hybridized carbons (Fsp3) is 0.333. The summed E-state index contributed by atoms with van der Waals surface area (Å²) in [6.45, 7) is 3.67. The second-order valence-corrected chi connectivity index (χ2v) is 7.39. The van der Waals surface area contributed by atoms with Gasteiger partial charge in [-0.3, -0.25) is 9.36 Å². The highest BCUT2D eigenvalue weighted by atomic mass is 35.5. The molecule has 0 saturated carbocycles. The summed E-state index contributed by atoms with van der Waals surface area (Å²) in [6, 6.07) is 12.4. The number of rotatable bonds is 7. The van der Waals surface area contributed by atoms with Crippen molar-refractivity contribution in [3.05, 3.63) is 63.7 Å². The molecular weight excluding hydrogens is 376 g/mol. The van der Waals surface area contributed by atoms with Crippen LogP contribution < -0.4 is 15.6 Å². The molecule has 3 aromatic rings. The SMILES string of the molecule is COc1ccc(-n2c([C@@H](C)NCCN(C)C)nc3cc(Cl)ccc3c2=O)cc1. The van der Waals surface area contributed by atoms with Crippen LogP contribution in [0.3, 0.4) is 0 Å². The lowest BCUT2D eigenvalue weighted by Crippen LogP contribution is -2.33. The van der Waals surface area contributed by atoms with E-state index in [1.807, 2.05) is 45.3 Å². The Bertz CT molecular complexity index is 1020. The second-order valence-electron chi connectivity index (χ2n) is 6.95. The van der Waals surface area contributed by atoms with Gasteiger partial charge in [0, 0.05) is 18.1 Å². The van der Waals surface area contributed by atoms with Gasteiger partial charge < -0.3 is 15.0 Å². The Morgan fingerprint density at radius 2 is 1.93 bits per heavy atom. The van der Waals surface area contributed by atoms with Gasteiger partial charge in [0.1, 0.15) is 11.6 Å². The molecule has 0 radical (unpaired) electrons. The topological polar surface area (TPSA) is 59.4 Å². The number of nitrogens with one attached hydrogen (secondary N) is 1. The molecule has 0 amide bonds. The van der Waals surface area contributed by atoms with Crippen molar-refractivity contribution in [3.63, 3.8) is 0 Å². The summed E-state index contributed by atoms with van der Waals surface area (Å²) in [6.07, 6.45) is 0. The number of halogens is 1. The van der Waals surface area contributed by atoms with Gasteiger partial charge in [0.2, 0.25) is 0 Å². The van der Waals surface area contributed by atoms with E-state index in [-0.39, 0.29) is 11.6 Å². The number of fused-ring (bicyclic) bond motifs is 1. The van der Waals surface area contributed by atoms with Crippen LogP contribution in [-0.2, 0) is 0 Å². The highest BCUT2D eigenvalue weighted by molar-refractivity contribution is 6.31. The standard InChI is InChI=1S/C21H25ClN4O2/c1-14(23-11-12-25(2)3)20-24-19-13-15(22)5-10-18(19)21(27)26(20)16-6-8-17(28-4)9-7-16/h5-10,13-14,23H,11-12H2,1-4H3/t14-/m1/s1. The van der Waals surface area contributed by atoms with E-state index >= 15 is 0 Å². The molecule has 28 heavy (non-hydrogen) atoms. The van der Waals surface area contributed by atoms with Crippen molar-refractivity contribution >= 4 is 22.5 Å². The van der Waals surface area contributed by atoms with E-state index in [4.69, 9.17) is 21.3 Å². The van der Waals surface area contributed by atoms with E-state index < -0.39 is 0 Å². The minimum atomic E-state index is -0.127. The molecule has 1 N–H and O–H groups in total. The number of benzene rings is 2. The van der Waals surface area contributed by atoms with Crippen molar-refractivity contribution in [3.8, 4) is 11.4 Å². The van der Waals surface area contributed by atoms with Crippen LogP contribution in [0.1, 0.15) is 18.8 Å². The third kappa shape index (κ3) is 4.35. The highest BCUT2D eigenvalue weighted by Crippen LogP contribution is 2.22. The molecule has 6 nitrogen and oxygen atoms in total. The molecule has 1 heterocycles. The summed E-state index contributed by atoms with van der Waals surface area (Å²) in [5.41, 5.74) is 1.22. The molecule has 3 rings (SSSR count). The van der Waals surface area contributed by atoms with Gasteiger partial charge in [-0.2, -0.15) is 0 Å². The van der Waals surface area contributed by atoms with Gasteiger partial charge >= 0.3 is 0 Å². The molecule has 0 saturated heterocycles. The maximum absolute atomic E-state index is 13.3. The number of likely N-dealkylation sites (N-methyl/N-ethyl adjacent to an activating group) is 1. The summed E-state index contributed by atoms with van der Waals surface area (Å²) in [4.78, 5) is 20.2. The molecule has 0 bridgehead atoms. The zero-order valence-electron chi connectivity index (χ0n) is 16.6. The minimum Gasteiger partial charge on any atom is -0.497 e. The van der Waals surface area contributed by atoms with Gasteiger partial charge in [-0.15, -0.1) is 0 Å². The molecular formula is C21H25ClN4O2. The average Bonchev–Trinajstić information content (AvgIpc) is 2.67. The first kappa shape index (κ1) is 20.3. The van der Waals surface area contributed by atoms with Crippen LogP contribution in [0.15, 0.2) is 47.3 Å². The van der Waals surface area contributed by atoms with Crippen molar-refractivity contribution in [1.29, 1.82) is 0 Å². The molecule has 0 unspecified atom stereocenters. The summed E-state index contributed by atoms with van der Waals surface area (Å²) in [5, 5.41) is 4.54. The molecule has 1 aromatic heterocycles. The number of aromatic nitrogens is 2. The zero-order chi connectivity index (χ0) is 20.3. The molecule has 0 aliphatic rings. The molecule has 1 atom stereocenters. The summed E-state index contributed by atoms with van der Waals surface area (Å²) in [5.74, 6) is 1.37. The monoisotopic (exact) mass is 400 g/mol. The van der Waals surface area contributed by atoms with Crippen LogP contribution in [0.2, 0.25) is 5.02 Å².